The highest BCUT2D eigenvalue weighted by molar-refractivity contribution is 7.99. The molecule has 18 heavy (non-hydrogen) atoms. The molecular weight excluding hydrogens is 246 g/mol. The molecule has 0 unspecified atom stereocenters. The second-order valence-electron chi connectivity index (χ2n) is 4.41. The Kier molecular flexibility index (Phi) is 4.36. The third-order valence-electron chi connectivity index (χ3n) is 3.16. The Balaban J connectivity index is 2.40. The largest absolute Gasteiger partial charge is 0.409 e. The minimum Gasteiger partial charge on any atom is -0.409 e. The molecule has 0 aliphatic carbocycles. The van der Waals surface area contributed by atoms with Gasteiger partial charge >= 0.3 is 0 Å². The van der Waals surface area contributed by atoms with E-state index in [2.05, 4.69) is 23.0 Å². The Morgan fingerprint density at radius 1 is 1.39 bits per heavy atom. The molecule has 2 rings (SSSR count). The van der Waals surface area contributed by atoms with Crippen molar-refractivity contribution in [3.63, 3.8) is 0 Å². The van der Waals surface area contributed by atoms with E-state index in [0.29, 0.717) is 0 Å². The molecule has 1 fully saturated rings. The van der Waals surface area contributed by atoms with E-state index in [9.17, 15) is 0 Å². The van der Waals surface area contributed by atoms with E-state index in [1.165, 1.54) is 17.7 Å². The van der Waals surface area contributed by atoms with Crippen molar-refractivity contribution in [1.29, 1.82) is 0 Å². The number of anilines is 1. The smallest absolute Gasteiger partial charge is 0.172 e. The number of nitrogens with two attached hydrogens (primary N) is 1. The van der Waals surface area contributed by atoms with Gasteiger partial charge in [0.05, 0.1) is 5.69 Å². The zero-order valence-corrected chi connectivity index (χ0v) is 11.4. The highest BCUT2D eigenvalue weighted by Gasteiger charge is 2.17. The quantitative estimate of drug-likeness (QED) is 0.372. The number of hydrogen-bond donors (Lipinski definition) is 2. The fraction of sp³-hybridized carbons (Fsp3) is 0.462. The Morgan fingerprint density at radius 3 is 3.00 bits per heavy atom. The second kappa shape index (κ2) is 6.00. The molecule has 0 radical (unpaired) electrons. The minimum absolute atomic E-state index is 0.186. The van der Waals surface area contributed by atoms with E-state index in [4.69, 9.17) is 10.9 Å². The van der Waals surface area contributed by atoms with Gasteiger partial charge in [0.1, 0.15) is 0 Å². The predicted molar refractivity (Wildman–Crippen MR) is 77.8 cm³/mol. The van der Waals surface area contributed by atoms with Crippen molar-refractivity contribution < 1.29 is 5.21 Å². The number of para-hydroxylation sites is 1. The number of nitrogens with zero attached hydrogens (tertiary/aromatic N) is 2. The summed E-state index contributed by atoms with van der Waals surface area (Å²) in [7, 11) is 0. The highest BCUT2D eigenvalue weighted by Crippen LogP contribution is 2.27. The summed E-state index contributed by atoms with van der Waals surface area (Å²) in [4.78, 5) is 2.35. The molecule has 1 aliphatic rings. The molecule has 4 nitrogen and oxygen atoms in total. The molecule has 5 heteroatoms. The summed E-state index contributed by atoms with van der Waals surface area (Å²) in [5.74, 6) is 2.52. The normalized spacial score (nSPS) is 17.6. The van der Waals surface area contributed by atoms with Crippen molar-refractivity contribution in [2.24, 2.45) is 10.9 Å². The molecule has 1 aliphatic heterocycles. The fourth-order valence-electron chi connectivity index (χ4n) is 2.31. The molecule has 0 atom stereocenters. The van der Waals surface area contributed by atoms with Gasteiger partial charge in [0.2, 0.25) is 0 Å². The van der Waals surface area contributed by atoms with Crippen LogP contribution in [-0.4, -0.2) is 35.6 Å². The molecule has 1 aromatic rings. The molecule has 3 N–H and O–H groups in total. The van der Waals surface area contributed by atoms with E-state index >= 15 is 0 Å². The lowest BCUT2D eigenvalue weighted by Crippen LogP contribution is -2.29. The molecule has 1 heterocycles. The lowest BCUT2D eigenvalue weighted by Gasteiger charge is -2.26. The third-order valence-corrected chi connectivity index (χ3v) is 4.21. The molecule has 0 aromatic heterocycles. The summed E-state index contributed by atoms with van der Waals surface area (Å²) in [6.45, 7) is 4.12. The lowest BCUT2D eigenvalue weighted by molar-refractivity contribution is 0.318. The van der Waals surface area contributed by atoms with Crippen molar-refractivity contribution in [1.82, 2.24) is 0 Å². The van der Waals surface area contributed by atoms with Crippen LogP contribution in [-0.2, 0) is 0 Å². The predicted octanol–water partition coefficient (Wildman–Crippen LogP) is 2.03. The van der Waals surface area contributed by atoms with E-state index in [0.717, 1.165) is 30.1 Å². The summed E-state index contributed by atoms with van der Waals surface area (Å²) >= 11 is 1.99. The van der Waals surface area contributed by atoms with Crippen LogP contribution in [0.4, 0.5) is 5.69 Å². The van der Waals surface area contributed by atoms with Crippen molar-refractivity contribution in [2.45, 2.75) is 13.3 Å². The summed E-state index contributed by atoms with van der Waals surface area (Å²) in [5, 5.41) is 12.0. The summed E-state index contributed by atoms with van der Waals surface area (Å²) < 4.78 is 0. The van der Waals surface area contributed by atoms with E-state index in [-0.39, 0.29) is 5.84 Å². The van der Waals surface area contributed by atoms with Crippen LogP contribution in [0.25, 0.3) is 0 Å². The molecule has 0 spiro atoms. The number of thioether (sulfide) groups is 1. The number of hydrogen-bond acceptors (Lipinski definition) is 4. The lowest BCUT2D eigenvalue weighted by atomic mass is 10.1. The van der Waals surface area contributed by atoms with Crippen molar-refractivity contribution in [3.8, 4) is 0 Å². The average Bonchev–Trinajstić information content (AvgIpc) is 2.66. The van der Waals surface area contributed by atoms with Gasteiger partial charge in [0, 0.05) is 24.4 Å². The molecule has 0 saturated carbocycles. The van der Waals surface area contributed by atoms with Crippen LogP contribution in [0.5, 0.6) is 0 Å². The second-order valence-corrected chi connectivity index (χ2v) is 5.63. The number of rotatable bonds is 2. The first-order chi connectivity index (χ1) is 8.74. The van der Waals surface area contributed by atoms with Crippen molar-refractivity contribution in [2.75, 3.05) is 29.5 Å². The molecular formula is C13H19N3OS. The van der Waals surface area contributed by atoms with Crippen LogP contribution in [0, 0.1) is 6.92 Å². The fourth-order valence-corrected chi connectivity index (χ4v) is 3.20. The summed E-state index contributed by atoms with van der Waals surface area (Å²) in [6, 6.07) is 5.93. The SMILES string of the molecule is Cc1cccc(/C(N)=N/O)c1N1CCCSCC1. The van der Waals surface area contributed by atoms with Crippen LogP contribution >= 0.6 is 11.8 Å². The zero-order chi connectivity index (χ0) is 13.0. The Morgan fingerprint density at radius 2 is 2.22 bits per heavy atom. The van der Waals surface area contributed by atoms with Crippen molar-refractivity contribution in [3.05, 3.63) is 29.3 Å². The number of aryl methyl sites for hydroxylation is 1. The van der Waals surface area contributed by atoms with Gasteiger partial charge in [-0.15, -0.1) is 0 Å². The number of benzene rings is 1. The molecule has 0 amide bonds. The first-order valence-electron chi connectivity index (χ1n) is 6.14. The topological polar surface area (TPSA) is 61.9 Å². The Bertz CT molecular complexity index is 440. The van der Waals surface area contributed by atoms with E-state index < -0.39 is 0 Å². The maximum absolute atomic E-state index is 8.90. The summed E-state index contributed by atoms with van der Waals surface area (Å²) in [6.07, 6.45) is 1.18. The van der Waals surface area contributed by atoms with Gasteiger partial charge in [-0.3, -0.25) is 0 Å². The van der Waals surface area contributed by atoms with Crippen molar-refractivity contribution >= 4 is 23.3 Å². The molecule has 1 saturated heterocycles. The number of oxime groups is 1. The van der Waals surface area contributed by atoms with E-state index in [1.54, 1.807) is 0 Å². The van der Waals surface area contributed by atoms with Crippen LogP contribution in [0.2, 0.25) is 0 Å². The zero-order valence-electron chi connectivity index (χ0n) is 10.6. The average molecular weight is 265 g/mol. The molecule has 1 aromatic carbocycles. The van der Waals surface area contributed by atoms with Crippen LogP contribution < -0.4 is 10.6 Å². The Labute approximate surface area is 112 Å². The molecule has 98 valence electrons. The number of amidine groups is 1. The minimum atomic E-state index is 0.186. The maximum atomic E-state index is 8.90. The summed E-state index contributed by atoms with van der Waals surface area (Å²) in [5.41, 5.74) is 8.88. The first kappa shape index (κ1) is 13.1. The standard InChI is InChI=1S/C13H19N3OS/c1-10-4-2-5-11(13(14)15-17)12(10)16-6-3-8-18-9-7-16/h2,4-5,17H,3,6-9H2,1H3,(H2,14,15). The van der Waals surface area contributed by atoms with Gasteiger partial charge in [-0.25, -0.2) is 0 Å². The monoisotopic (exact) mass is 265 g/mol. The van der Waals surface area contributed by atoms with Gasteiger partial charge in [-0.05, 0) is 30.7 Å². The van der Waals surface area contributed by atoms with Gasteiger partial charge in [-0.2, -0.15) is 11.8 Å². The van der Waals surface area contributed by atoms with Gasteiger partial charge < -0.3 is 15.8 Å². The van der Waals surface area contributed by atoms with Gasteiger partial charge in [0.15, 0.2) is 5.84 Å². The van der Waals surface area contributed by atoms with Crippen LogP contribution in [0.15, 0.2) is 23.4 Å². The maximum Gasteiger partial charge on any atom is 0.172 e. The third kappa shape index (κ3) is 2.72. The van der Waals surface area contributed by atoms with E-state index in [1.807, 2.05) is 23.9 Å². The van der Waals surface area contributed by atoms with Gasteiger partial charge in [0.25, 0.3) is 0 Å². The van der Waals surface area contributed by atoms with Crippen LogP contribution in [0.3, 0.4) is 0 Å². The molecule has 0 bridgehead atoms. The van der Waals surface area contributed by atoms with Gasteiger partial charge in [-0.1, -0.05) is 17.3 Å². The Hall–Kier alpha value is -1.36. The highest BCUT2D eigenvalue weighted by atomic mass is 32.2. The first-order valence-corrected chi connectivity index (χ1v) is 7.29. The van der Waals surface area contributed by atoms with Crippen LogP contribution in [0.1, 0.15) is 17.5 Å².